The highest BCUT2D eigenvalue weighted by atomic mass is 32.1. The highest BCUT2D eigenvalue weighted by Gasteiger charge is 2.44. The number of hydrogen-bond donors (Lipinski definition) is 3. The number of carboxylic acids is 3. The second kappa shape index (κ2) is 16.7. The van der Waals surface area contributed by atoms with Crippen LogP contribution in [0, 0.1) is 5.92 Å². The van der Waals surface area contributed by atoms with Crippen LogP contribution in [0.3, 0.4) is 0 Å². The highest BCUT2D eigenvalue weighted by molar-refractivity contribution is 7.13. The highest BCUT2D eigenvalue weighted by Crippen LogP contribution is 2.40. The van der Waals surface area contributed by atoms with E-state index in [9.17, 15) is 39.5 Å². The lowest BCUT2D eigenvalue weighted by Gasteiger charge is -2.38. The van der Waals surface area contributed by atoms with Gasteiger partial charge in [-0.1, -0.05) is 6.92 Å². The van der Waals surface area contributed by atoms with E-state index in [0.29, 0.717) is 12.1 Å². The average molecular weight is 651 g/mol. The van der Waals surface area contributed by atoms with Gasteiger partial charge in [-0.3, -0.25) is 0 Å². The van der Waals surface area contributed by atoms with Crippen molar-refractivity contribution >= 4 is 34.4 Å². The number of carboxylic acid groups (broad SMARTS) is 3. The third-order valence-electron chi connectivity index (χ3n) is 5.59. The number of hydrogen-bond acceptors (Lipinski definition) is 8. The van der Waals surface area contributed by atoms with Gasteiger partial charge < -0.3 is 30.0 Å². The van der Waals surface area contributed by atoms with Crippen LogP contribution in [0.2, 0.25) is 0 Å². The summed E-state index contributed by atoms with van der Waals surface area (Å²) in [7, 11) is 4.37. The van der Waals surface area contributed by atoms with Crippen LogP contribution in [-0.2, 0) is 14.4 Å². The van der Waals surface area contributed by atoms with Gasteiger partial charge >= 0.3 is 36.4 Å². The molecule has 2 fully saturated rings. The number of thiazole rings is 1. The Morgan fingerprint density at radius 1 is 0.952 bits per heavy atom. The number of fused-ring (bicyclic) bond motifs is 1. The quantitative estimate of drug-likeness (QED) is 0.397. The molecule has 42 heavy (non-hydrogen) atoms. The number of piperidine rings is 1. The van der Waals surface area contributed by atoms with Gasteiger partial charge in [0, 0.05) is 43.3 Å². The van der Waals surface area contributed by atoms with E-state index in [1.54, 1.807) is 11.3 Å². The van der Waals surface area contributed by atoms with Gasteiger partial charge in [0.05, 0.1) is 0 Å². The van der Waals surface area contributed by atoms with Crippen LogP contribution in [0.1, 0.15) is 26.2 Å². The molecule has 2 aliphatic heterocycles. The number of aromatic nitrogens is 1. The predicted octanol–water partition coefficient (Wildman–Crippen LogP) is 4.28. The van der Waals surface area contributed by atoms with Crippen molar-refractivity contribution in [3.05, 3.63) is 11.6 Å². The van der Waals surface area contributed by atoms with Crippen molar-refractivity contribution in [3.8, 4) is 0 Å². The topological polar surface area (TPSA) is 135 Å². The summed E-state index contributed by atoms with van der Waals surface area (Å²) in [6.45, 7) is 7.23. The summed E-state index contributed by atoms with van der Waals surface area (Å²) in [5, 5.41) is 24.7. The number of aliphatic carboxylic acids is 3. The zero-order valence-corrected chi connectivity index (χ0v) is 23.3. The lowest BCUT2D eigenvalue weighted by Crippen LogP contribution is -2.48. The first kappa shape index (κ1) is 39.1. The largest absolute Gasteiger partial charge is 0.490 e. The first-order valence-corrected chi connectivity index (χ1v) is 12.8. The lowest BCUT2D eigenvalue weighted by atomic mass is 9.92. The molecule has 3 heterocycles. The molecule has 2 saturated heterocycles. The van der Waals surface area contributed by atoms with Crippen LogP contribution in [0.4, 0.5) is 44.6 Å². The Labute approximate surface area is 238 Å². The second-order valence-corrected chi connectivity index (χ2v) is 10.1. The third-order valence-corrected chi connectivity index (χ3v) is 6.37. The normalized spacial score (nSPS) is 20.7. The van der Waals surface area contributed by atoms with Crippen molar-refractivity contribution < 1.29 is 69.2 Å². The maximum atomic E-state index is 10.6. The smallest absolute Gasteiger partial charge is 0.475 e. The molecule has 3 rings (SSSR count). The minimum absolute atomic E-state index is 0.628. The first-order chi connectivity index (χ1) is 19.0. The molecule has 0 unspecified atom stereocenters. The Kier molecular flexibility index (Phi) is 15.5. The SMILES string of the molecule is CCCN1CC[C@H]2[C@H](C[C@@H](CN(C)C)N2c2nccs2)C1.O=C(O)C(F)(F)F.O=C(O)C(F)(F)F.O=C(O)C(F)(F)F. The Bertz CT molecular complexity index is 918. The fraction of sp³-hybridized carbons (Fsp3) is 0.727. The van der Waals surface area contributed by atoms with Gasteiger partial charge in [-0.2, -0.15) is 39.5 Å². The molecule has 0 spiro atoms. The average Bonchev–Trinajstić information content (AvgIpc) is 3.45. The van der Waals surface area contributed by atoms with Crippen molar-refractivity contribution in [1.82, 2.24) is 14.8 Å². The predicted molar refractivity (Wildman–Crippen MR) is 131 cm³/mol. The van der Waals surface area contributed by atoms with E-state index >= 15 is 0 Å². The van der Waals surface area contributed by atoms with Crippen molar-refractivity contribution in [2.75, 3.05) is 45.2 Å². The monoisotopic (exact) mass is 650 g/mol. The Hall–Kier alpha value is -2.87. The molecule has 1 aromatic rings. The standard InChI is InChI=1S/C16H28N4S.3C2HF3O2/c1-4-7-19-8-5-15-13(11-19)10-14(12-18(2)3)20(15)16-17-6-9-21-16;3*3-2(4,5)1(6)7/h6,9,13-15H,4-5,7-8,10-12H2,1-3H3;3*(H,6,7)/t13-,14+,15+;;;/m1.../s1. The van der Waals surface area contributed by atoms with Crippen LogP contribution in [0.15, 0.2) is 11.6 Å². The number of likely N-dealkylation sites (N-methyl/N-ethyl adjacent to an activating group) is 1. The Morgan fingerprint density at radius 3 is 1.74 bits per heavy atom. The van der Waals surface area contributed by atoms with Crippen LogP contribution < -0.4 is 4.90 Å². The molecule has 0 aromatic carbocycles. The van der Waals surface area contributed by atoms with Gasteiger partial charge in [0.15, 0.2) is 5.13 Å². The number of anilines is 1. The van der Waals surface area contributed by atoms with E-state index in [-0.39, 0.29) is 0 Å². The van der Waals surface area contributed by atoms with Gasteiger partial charge in [-0.05, 0) is 45.8 Å². The summed E-state index contributed by atoms with van der Waals surface area (Å²) < 4.78 is 95.2. The third kappa shape index (κ3) is 14.3. The van der Waals surface area contributed by atoms with Crippen LogP contribution >= 0.6 is 11.3 Å². The summed E-state index contributed by atoms with van der Waals surface area (Å²) in [6.07, 6.45) is -9.40. The Morgan fingerprint density at radius 2 is 1.40 bits per heavy atom. The molecular formula is C22H31F9N4O6S. The number of halogens is 9. The molecule has 0 aliphatic carbocycles. The van der Waals surface area contributed by atoms with Crippen molar-refractivity contribution in [1.29, 1.82) is 0 Å². The van der Waals surface area contributed by atoms with Gasteiger partial charge in [0.25, 0.3) is 0 Å². The minimum Gasteiger partial charge on any atom is -0.475 e. The first-order valence-electron chi connectivity index (χ1n) is 12.0. The molecule has 20 heteroatoms. The van der Waals surface area contributed by atoms with Crippen molar-refractivity contribution in [2.24, 2.45) is 5.92 Å². The maximum absolute atomic E-state index is 10.6. The van der Waals surface area contributed by atoms with Crippen molar-refractivity contribution in [2.45, 2.75) is 56.8 Å². The second-order valence-electron chi connectivity index (χ2n) is 9.20. The van der Waals surface area contributed by atoms with Gasteiger partial charge in [0.2, 0.25) is 0 Å². The fourth-order valence-electron chi connectivity index (χ4n) is 4.17. The lowest BCUT2D eigenvalue weighted by molar-refractivity contribution is -0.193. The zero-order valence-electron chi connectivity index (χ0n) is 22.5. The fourth-order valence-corrected chi connectivity index (χ4v) is 4.94. The van der Waals surface area contributed by atoms with Gasteiger partial charge in [-0.15, -0.1) is 11.3 Å². The molecule has 244 valence electrons. The molecule has 1 aromatic heterocycles. The number of alkyl halides is 9. The van der Waals surface area contributed by atoms with Crippen LogP contribution in [0.5, 0.6) is 0 Å². The maximum Gasteiger partial charge on any atom is 0.490 e. The van der Waals surface area contributed by atoms with E-state index < -0.39 is 36.4 Å². The van der Waals surface area contributed by atoms with E-state index in [1.807, 2.05) is 6.20 Å². The van der Waals surface area contributed by atoms with Crippen molar-refractivity contribution in [3.63, 3.8) is 0 Å². The number of nitrogens with zero attached hydrogens (tertiary/aromatic N) is 4. The van der Waals surface area contributed by atoms with Gasteiger partial charge in [-0.25, -0.2) is 19.4 Å². The number of likely N-dealkylation sites (tertiary alicyclic amines) is 1. The van der Waals surface area contributed by atoms with E-state index in [0.717, 1.165) is 12.5 Å². The summed E-state index contributed by atoms with van der Waals surface area (Å²) in [4.78, 5) is 38.9. The zero-order chi connectivity index (χ0) is 33.1. The Balaban J connectivity index is 0.000000660. The summed E-state index contributed by atoms with van der Waals surface area (Å²) >= 11 is 1.80. The minimum atomic E-state index is -5.08. The number of carbonyl (C=O) groups is 3. The number of rotatable bonds is 5. The summed E-state index contributed by atoms with van der Waals surface area (Å²) in [6, 6.07) is 1.33. The molecule has 0 radical (unpaired) electrons. The van der Waals surface area contributed by atoms with Gasteiger partial charge in [0.1, 0.15) is 0 Å². The molecular weight excluding hydrogens is 619 g/mol. The molecule has 0 saturated carbocycles. The molecule has 0 bridgehead atoms. The summed E-state index contributed by atoms with van der Waals surface area (Å²) in [5.41, 5.74) is 0. The molecule has 3 N–H and O–H groups in total. The molecule has 2 aliphatic rings. The molecule has 0 amide bonds. The van der Waals surface area contributed by atoms with Crippen LogP contribution in [-0.4, -0.2) is 119 Å². The van der Waals surface area contributed by atoms with E-state index in [1.165, 1.54) is 44.0 Å². The van der Waals surface area contributed by atoms with Crippen LogP contribution in [0.25, 0.3) is 0 Å². The molecule has 3 atom stereocenters. The molecule has 10 nitrogen and oxygen atoms in total. The summed E-state index contributed by atoms with van der Waals surface area (Å²) in [5.74, 6) is -7.45. The van der Waals surface area contributed by atoms with E-state index in [2.05, 4.69) is 46.1 Å². The van der Waals surface area contributed by atoms with E-state index in [4.69, 9.17) is 29.7 Å².